The second-order valence-corrected chi connectivity index (χ2v) is 15.4. The number of aromatic nitrogens is 1. The number of thiophene rings is 1. The maximum Gasteiger partial charge on any atom is 0.354 e. The van der Waals surface area contributed by atoms with E-state index in [1.165, 1.54) is 18.4 Å². The molecule has 0 N–H and O–H groups in total. The van der Waals surface area contributed by atoms with Crippen molar-refractivity contribution in [3.8, 4) is 0 Å². The number of amides is 1. The molecule has 0 saturated heterocycles. The Bertz CT molecular complexity index is 1140. The number of rotatable bonds is 8. The Hall–Kier alpha value is -2.42. The van der Waals surface area contributed by atoms with Crippen LogP contribution in [0.4, 0.5) is 5.69 Å². The minimum Gasteiger partial charge on any atom is -0.464 e. The summed E-state index contributed by atoms with van der Waals surface area (Å²) in [6.07, 6.45) is 0. The van der Waals surface area contributed by atoms with Gasteiger partial charge in [-0.1, -0.05) is 32.9 Å². The lowest BCUT2D eigenvalue weighted by Crippen LogP contribution is -2.40. The van der Waals surface area contributed by atoms with E-state index in [4.69, 9.17) is 9.16 Å². The highest BCUT2D eigenvalue weighted by Gasteiger charge is 2.37. The average molecular weight is 487 g/mol. The van der Waals surface area contributed by atoms with E-state index in [0.29, 0.717) is 18.8 Å². The summed E-state index contributed by atoms with van der Waals surface area (Å²) in [5.74, 6) is -0.534. The van der Waals surface area contributed by atoms with Gasteiger partial charge in [0.25, 0.3) is 0 Å². The average Bonchev–Trinajstić information content (AvgIpc) is 3.34. The van der Waals surface area contributed by atoms with Crippen LogP contribution in [0.1, 0.15) is 43.7 Å². The molecule has 6 nitrogen and oxygen atoms in total. The Labute approximate surface area is 201 Å². The summed E-state index contributed by atoms with van der Waals surface area (Å²) in [4.78, 5) is 27.4. The van der Waals surface area contributed by atoms with Crippen molar-refractivity contribution >= 4 is 47.4 Å². The van der Waals surface area contributed by atoms with Gasteiger partial charge in [0, 0.05) is 12.2 Å². The lowest BCUT2D eigenvalue weighted by Gasteiger charge is -2.36. The molecule has 8 heteroatoms. The quantitative estimate of drug-likeness (QED) is 0.287. The maximum absolute atomic E-state index is 13.4. The zero-order chi connectivity index (χ0) is 24.4. The van der Waals surface area contributed by atoms with E-state index in [0.717, 1.165) is 21.5 Å². The first-order valence-corrected chi connectivity index (χ1v) is 15.0. The van der Waals surface area contributed by atoms with Crippen molar-refractivity contribution in [2.75, 3.05) is 18.6 Å². The molecule has 0 unspecified atom stereocenters. The normalized spacial score (nSPS) is 12.2. The lowest BCUT2D eigenvalue weighted by molar-refractivity contribution is -0.119. The highest BCUT2D eigenvalue weighted by molar-refractivity contribution is 7.17. The molecular weight excluding hydrogens is 452 g/mol. The first-order chi connectivity index (χ1) is 15.5. The first kappa shape index (κ1) is 25.2. The second kappa shape index (κ2) is 9.83. The SMILES string of the molecule is CCN(C(=O)Cn1c(C(=O)OC)cc2sccc21)c1cccc(CO[Si](C)(C)C(C)(C)C)c1. The molecule has 0 aliphatic carbocycles. The van der Waals surface area contributed by atoms with Crippen molar-refractivity contribution in [1.82, 2.24) is 4.57 Å². The van der Waals surface area contributed by atoms with E-state index >= 15 is 0 Å². The summed E-state index contributed by atoms with van der Waals surface area (Å²) >= 11 is 1.53. The van der Waals surface area contributed by atoms with Crippen LogP contribution in [0.15, 0.2) is 41.8 Å². The van der Waals surface area contributed by atoms with E-state index in [1.54, 1.807) is 15.5 Å². The molecule has 3 aromatic rings. The lowest BCUT2D eigenvalue weighted by atomic mass is 10.2. The second-order valence-electron chi connectivity index (χ2n) is 9.63. The van der Waals surface area contributed by atoms with Gasteiger partial charge in [-0.05, 0) is 60.3 Å². The van der Waals surface area contributed by atoms with Gasteiger partial charge in [0.05, 0.1) is 23.9 Å². The first-order valence-electron chi connectivity index (χ1n) is 11.2. The molecule has 1 amide bonds. The Morgan fingerprint density at radius 2 is 1.88 bits per heavy atom. The van der Waals surface area contributed by atoms with Crippen LogP contribution in [0.25, 0.3) is 10.2 Å². The smallest absolute Gasteiger partial charge is 0.354 e. The third kappa shape index (κ3) is 5.39. The zero-order valence-electron chi connectivity index (χ0n) is 20.6. The fourth-order valence-corrected chi connectivity index (χ4v) is 5.22. The van der Waals surface area contributed by atoms with Crippen LogP contribution >= 0.6 is 11.3 Å². The summed E-state index contributed by atoms with van der Waals surface area (Å²) in [5, 5.41) is 2.09. The van der Waals surface area contributed by atoms with Gasteiger partial charge in [0.1, 0.15) is 12.2 Å². The molecule has 0 bridgehead atoms. The largest absolute Gasteiger partial charge is 0.464 e. The van der Waals surface area contributed by atoms with Crippen LogP contribution in [-0.2, 0) is 27.1 Å². The van der Waals surface area contributed by atoms with Gasteiger partial charge in [0.15, 0.2) is 8.32 Å². The fraction of sp³-hybridized carbons (Fsp3) is 0.440. The molecule has 0 atom stereocenters. The van der Waals surface area contributed by atoms with E-state index in [-0.39, 0.29) is 17.5 Å². The topological polar surface area (TPSA) is 60.8 Å². The number of carbonyl (C=O) groups is 2. The zero-order valence-corrected chi connectivity index (χ0v) is 22.4. The number of carbonyl (C=O) groups excluding carboxylic acids is 2. The molecular formula is C25H34N2O4SSi. The van der Waals surface area contributed by atoms with Crippen molar-refractivity contribution in [3.63, 3.8) is 0 Å². The number of methoxy groups -OCH3 is 1. The minimum absolute atomic E-state index is 0.0587. The number of ether oxygens (including phenoxy) is 1. The van der Waals surface area contributed by atoms with E-state index < -0.39 is 14.3 Å². The molecule has 2 aromatic heterocycles. The highest BCUT2D eigenvalue weighted by atomic mass is 32.1. The summed E-state index contributed by atoms with van der Waals surface area (Å²) in [6.45, 7) is 14.2. The molecule has 3 rings (SSSR count). The van der Waals surface area contributed by atoms with Crippen molar-refractivity contribution in [3.05, 3.63) is 53.0 Å². The third-order valence-corrected chi connectivity index (χ3v) is 11.8. The van der Waals surface area contributed by atoms with Gasteiger partial charge in [0.2, 0.25) is 5.91 Å². The van der Waals surface area contributed by atoms with Gasteiger partial charge in [-0.25, -0.2) is 4.79 Å². The fourth-order valence-electron chi connectivity index (χ4n) is 3.44. The number of hydrogen-bond donors (Lipinski definition) is 0. The van der Waals surface area contributed by atoms with Gasteiger partial charge in [-0.2, -0.15) is 0 Å². The summed E-state index contributed by atoms with van der Waals surface area (Å²) in [5.41, 5.74) is 3.12. The molecule has 178 valence electrons. The summed E-state index contributed by atoms with van der Waals surface area (Å²) in [6, 6.07) is 11.7. The van der Waals surface area contributed by atoms with Crippen molar-refractivity contribution in [1.29, 1.82) is 0 Å². The van der Waals surface area contributed by atoms with E-state index in [1.807, 2.05) is 42.6 Å². The number of benzene rings is 1. The van der Waals surface area contributed by atoms with Crippen molar-refractivity contribution < 1.29 is 18.8 Å². The standard InChI is InChI=1S/C25H34N2O4SSi/c1-8-26(19-11-9-10-18(14-19)17-31-33(6,7)25(2,3)4)23(28)16-27-20-12-13-32-22(20)15-21(27)24(29)30-5/h9-15H,8,16-17H2,1-7H3. The summed E-state index contributed by atoms with van der Waals surface area (Å²) < 4.78 is 14.0. The molecule has 0 fully saturated rings. The van der Waals surface area contributed by atoms with Gasteiger partial charge < -0.3 is 18.6 Å². The van der Waals surface area contributed by atoms with Crippen molar-refractivity contribution in [2.24, 2.45) is 0 Å². The predicted molar refractivity (Wildman–Crippen MR) is 138 cm³/mol. The van der Waals surface area contributed by atoms with Crippen LogP contribution in [0.3, 0.4) is 0 Å². The van der Waals surface area contributed by atoms with Gasteiger partial charge in [-0.3, -0.25) is 4.79 Å². The number of likely N-dealkylation sites (N-methyl/N-ethyl adjacent to an activating group) is 1. The molecule has 0 aliphatic rings. The molecule has 0 radical (unpaired) electrons. The number of fused-ring (bicyclic) bond motifs is 1. The van der Waals surface area contributed by atoms with Gasteiger partial charge >= 0.3 is 5.97 Å². The number of nitrogens with zero attached hydrogens (tertiary/aromatic N) is 2. The van der Waals surface area contributed by atoms with Crippen LogP contribution in [0, 0.1) is 0 Å². The van der Waals surface area contributed by atoms with E-state index in [9.17, 15) is 9.59 Å². The number of anilines is 1. The highest BCUT2D eigenvalue weighted by Crippen LogP contribution is 2.37. The Morgan fingerprint density at radius 1 is 1.15 bits per heavy atom. The van der Waals surface area contributed by atoms with Crippen molar-refractivity contribution in [2.45, 2.75) is 59.0 Å². The molecule has 0 spiro atoms. The van der Waals surface area contributed by atoms with Crippen LogP contribution < -0.4 is 4.90 Å². The minimum atomic E-state index is -1.87. The van der Waals surface area contributed by atoms with Gasteiger partial charge in [-0.15, -0.1) is 11.3 Å². The molecule has 33 heavy (non-hydrogen) atoms. The number of esters is 1. The third-order valence-electron chi connectivity index (χ3n) is 6.46. The molecule has 2 heterocycles. The molecule has 1 aromatic carbocycles. The Balaban J connectivity index is 1.82. The molecule has 0 aliphatic heterocycles. The van der Waals surface area contributed by atoms with E-state index in [2.05, 4.69) is 33.9 Å². The summed E-state index contributed by atoms with van der Waals surface area (Å²) in [7, 11) is -0.520. The van der Waals surface area contributed by atoms with Crippen LogP contribution in [0.5, 0.6) is 0 Å². The Morgan fingerprint density at radius 3 is 2.52 bits per heavy atom. The monoisotopic (exact) mass is 486 g/mol. The predicted octanol–water partition coefficient (Wildman–Crippen LogP) is 6.06. The van der Waals surface area contributed by atoms with Crippen LogP contribution in [-0.4, -0.2) is 38.4 Å². The van der Waals surface area contributed by atoms with Crippen LogP contribution in [0.2, 0.25) is 18.1 Å². The Kier molecular flexibility index (Phi) is 7.51. The maximum atomic E-state index is 13.4. The number of hydrogen-bond acceptors (Lipinski definition) is 5. The molecule has 0 saturated carbocycles.